The van der Waals surface area contributed by atoms with Crippen molar-refractivity contribution >= 4 is 5.69 Å². The summed E-state index contributed by atoms with van der Waals surface area (Å²) >= 11 is 0. The van der Waals surface area contributed by atoms with E-state index in [4.69, 9.17) is 10.5 Å². The van der Waals surface area contributed by atoms with Crippen LogP contribution in [0.15, 0.2) is 42.5 Å². The smallest absolute Gasteiger partial charge is 0.150 e. The fraction of sp³-hybridized carbons (Fsp3) is 0.250. The predicted octanol–water partition coefficient (Wildman–Crippen LogP) is 4.49. The molecule has 2 heteroatoms. The van der Waals surface area contributed by atoms with Gasteiger partial charge in [0.1, 0.15) is 11.5 Å². The molecular formula is C16H19NO. The Labute approximate surface area is 108 Å². The monoisotopic (exact) mass is 241 g/mol. The van der Waals surface area contributed by atoms with Gasteiger partial charge in [-0.1, -0.05) is 38.1 Å². The molecule has 18 heavy (non-hydrogen) atoms. The van der Waals surface area contributed by atoms with Crippen LogP contribution in [0.3, 0.4) is 0 Å². The highest BCUT2D eigenvalue weighted by Gasteiger charge is 2.10. The number of ether oxygens (including phenoxy) is 1. The molecule has 2 nitrogen and oxygen atoms in total. The summed E-state index contributed by atoms with van der Waals surface area (Å²) in [5.74, 6) is 2.03. The third-order valence-corrected chi connectivity index (χ3v) is 2.93. The maximum Gasteiger partial charge on any atom is 0.150 e. The molecule has 0 saturated heterocycles. The summed E-state index contributed by atoms with van der Waals surface area (Å²) < 4.78 is 5.96. The Morgan fingerprint density at radius 2 is 1.72 bits per heavy atom. The third-order valence-electron chi connectivity index (χ3n) is 2.93. The summed E-state index contributed by atoms with van der Waals surface area (Å²) in [5.41, 5.74) is 8.95. The largest absolute Gasteiger partial charge is 0.455 e. The molecule has 0 saturated carbocycles. The van der Waals surface area contributed by atoms with Gasteiger partial charge in [0.05, 0.1) is 5.69 Å². The molecule has 0 atom stereocenters. The van der Waals surface area contributed by atoms with Crippen molar-refractivity contribution in [3.63, 3.8) is 0 Å². The van der Waals surface area contributed by atoms with Crippen molar-refractivity contribution in [2.24, 2.45) is 0 Å². The number of anilines is 1. The van der Waals surface area contributed by atoms with E-state index in [1.165, 1.54) is 11.1 Å². The quantitative estimate of drug-likeness (QED) is 0.803. The van der Waals surface area contributed by atoms with Gasteiger partial charge in [0, 0.05) is 0 Å². The zero-order valence-corrected chi connectivity index (χ0v) is 11.1. The van der Waals surface area contributed by atoms with Crippen LogP contribution >= 0.6 is 0 Å². The lowest BCUT2D eigenvalue weighted by Crippen LogP contribution is -1.97. The average molecular weight is 241 g/mol. The van der Waals surface area contributed by atoms with Crippen molar-refractivity contribution in [1.29, 1.82) is 0 Å². The number of nitrogen functional groups attached to an aromatic ring is 1. The Kier molecular flexibility index (Phi) is 3.56. The fourth-order valence-electron chi connectivity index (χ4n) is 1.90. The summed E-state index contributed by atoms with van der Waals surface area (Å²) in [6.07, 6.45) is 0. The van der Waals surface area contributed by atoms with Crippen molar-refractivity contribution < 1.29 is 4.74 Å². The maximum atomic E-state index is 5.96. The van der Waals surface area contributed by atoms with Crippen molar-refractivity contribution in [3.8, 4) is 11.5 Å². The van der Waals surface area contributed by atoms with Crippen LogP contribution in [-0.4, -0.2) is 0 Å². The summed E-state index contributed by atoms with van der Waals surface area (Å²) in [4.78, 5) is 0. The Hall–Kier alpha value is -1.96. The second-order valence-electron chi connectivity index (χ2n) is 4.84. The number of hydrogen-bond donors (Lipinski definition) is 1. The Morgan fingerprint density at radius 3 is 2.39 bits per heavy atom. The Balaban J connectivity index is 2.39. The first-order valence-corrected chi connectivity index (χ1v) is 6.21. The van der Waals surface area contributed by atoms with E-state index in [-0.39, 0.29) is 0 Å². The van der Waals surface area contributed by atoms with Crippen LogP contribution in [-0.2, 0) is 0 Å². The van der Waals surface area contributed by atoms with Crippen molar-refractivity contribution in [2.75, 3.05) is 5.73 Å². The normalized spacial score (nSPS) is 10.7. The van der Waals surface area contributed by atoms with E-state index in [9.17, 15) is 0 Å². The molecular weight excluding hydrogens is 222 g/mol. The first kappa shape index (κ1) is 12.5. The van der Waals surface area contributed by atoms with Crippen molar-refractivity contribution in [3.05, 3.63) is 53.6 Å². The van der Waals surface area contributed by atoms with Crippen LogP contribution in [0.1, 0.15) is 30.9 Å². The molecule has 0 radical (unpaired) electrons. The van der Waals surface area contributed by atoms with Crippen LogP contribution in [0.2, 0.25) is 0 Å². The minimum atomic E-state index is 0.422. The first-order chi connectivity index (χ1) is 8.58. The van der Waals surface area contributed by atoms with E-state index in [1.54, 1.807) is 0 Å². The second kappa shape index (κ2) is 5.13. The molecule has 2 rings (SSSR count). The van der Waals surface area contributed by atoms with Gasteiger partial charge >= 0.3 is 0 Å². The van der Waals surface area contributed by atoms with Gasteiger partial charge in [0.15, 0.2) is 0 Å². The van der Waals surface area contributed by atoms with E-state index in [1.807, 2.05) is 24.3 Å². The number of nitrogens with two attached hydrogens (primary N) is 1. The zero-order valence-electron chi connectivity index (χ0n) is 11.1. The van der Waals surface area contributed by atoms with Gasteiger partial charge in [-0.05, 0) is 42.2 Å². The highest BCUT2D eigenvalue weighted by molar-refractivity contribution is 5.54. The highest BCUT2D eigenvalue weighted by atomic mass is 16.5. The molecule has 0 aliphatic heterocycles. The van der Waals surface area contributed by atoms with Crippen LogP contribution in [0.25, 0.3) is 0 Å². The summed E-state index contributed by atoms with van der Waals surface area (Å²) in [5, 5.41) is 0. The van der Waals surface area contributed by atoms with Crippen LogP contribution in [0.5, 0.6) is 11.5 Å². The van der Waals surface area contributed by atoms with Gasteiger partial charge in [-0.25, -0.2) is 0 Å². The molecule has 0 heterocycles. The molecule has 0 amide bonds. The predicted molar refractivity (Wildman–Crippen MR) is 76.2 cm³/mol. The molecule has 0 unspecified atom stereocenters. The Morgan fingerprint density at radius 1 is 1.00 bits per heavy atom. The molecule has 0 aliphatic rings. The third kappa shape index (κ3) is 2.65. The number of para-hydroxylation sites is 2. The first-order valence-electron chi connectivity index (χ1n) is 6.21. The summed E-state index contributed by atoms with van der Waals surface area (Å²) in [6, 6.07) is 13.9. The minimum Gasteiger partial charge on any atom is -0.455 e. The van der Waals surface area contributed by atoms with Gasteiger partial charge in [-0.15, -0.1) is 0 Å². The van der Waals surface area contributed by atoms with Gasteiger partial charge < -0.3 is 10.5 Å². The molecule has 2 aromatic carbocycles. The van der Waals surface area contributed by atoms with Gasteiger partial charge in [-0.2, -0.15) is 0 Å². The standard InChI is InChI=1S/C16H19NO/c1-11(2)13-9-8-12(3)10-16(13)18-15-7-5-4-6-14(15)17/h4-11H,17H2,1-3H3. The van der Waals surface area contributed by atoms with E-state index >= 15 is 0 Å². The molecule has 2 N–H and O–H groups in total. The maximum absolute atomic E-state index is 5.96. The minimum absolute atomic E-state index is 0.422. The molecule has 0 fully saturated rings. The molecule has 2 aromatic rings. The Bertz CT molecular complexity index is 547. The van der Waals surface area contributed by atoms with E-state index < -0.39 is 0 Å². The zero-order chi connectivity index (χ0) is 13.1. The molecule has 0 bridgehead atoms. The van der Waals surface area contributed by atoms with Crippen molar-refractivity contribution in [1.82, 2.24) is 0 Å². The van der Waals surface area contributed by atoms with Crippen LogP contribution < -0.4 is 10.5 Å². The summed E-state index contributed by atoms with van der Waals surface area (Å²) in [7, 11) is 0. The molecule has 0 aromatic heterocycles. The van der Waals surface area contributed by atoms with E-state index in [0.29, 0.717) is 17.4 Å². The number of benzene rings is 2. The number of hydrogen-bond acceptors (Lipinski definition) is 2. The summed E-state index contributed by atoms with van der Waals surface area (Å²) in [6.45, 7) is 6.38. The average Bonchev–Trinajstić information content (AvgIpc) is 2.32. The number of aryl methyl sites for hydroxylation is 1. The highest BCUT2D eigenvalue weighted by Crippen LogP contribution is 2.33. The lowest BCUT2D eigenvalue weighted by atomic mass is 10.0. The van der Waals surface area contributed by atoms with E-state index in [0.717, 1.165) is 5.75 Å². The van der Waals surface area contributed by atoms with Crippen LogP contribution in [0, 0.1) is 6.92 Å². The molecule has 94 valence electrons. The molecule has 0 spiro atoms. The topological polar surface area (TPSA) is 35.2 Å². The lowest BCUT2D eigenvalue weighted by molar-refractivity contribution is 0.475. The second-order valence-corrected chi connectivity index (χ2v) is 4.84. The van der Waals surface area contributed by atoms with Gasteiger partial charge in [0.2, 0.25) is 0 Å². The van der Waals surface area contributed by atoms with Gasteiger partial charge in [0.25, 0.3) is 0 Å². The lowest BCUT2D eigenvalue weighted by Gasteiger charge is -2.15. The number of rotatable bonds is 3. The van der Waals surface area contributed by atoms with Crippen LogP contribution in [0.4, 0.5) is 5.69 Å². The molecule has 0 aliphatic carbocycles. The fourth-order valence-corrected chi connectivity index (χ4v) is 1.90. The SMILES string of the molecule is Cc1ccc(C(C)C)c(Oc2ccccc2N)c1. The van der Waals surface area contributed by atoms with Crippen molar-refractivity contribution in [2.45, 2.75) is 26.7 Å². The van der Waals surface area contributed by atoms with E-state index in [2.05, 4.69) is 39.0 Å². The van der Waals surface area contributed by atoms with Gasteiger partial charge in [-0.3, -0.25) is 0 Å².